The third-order valence-corrected chi connectivity index (χ3v) is 2.34. The smallest absolute Gasteiger partial charge is 0.418 e. The zero-order valence-electron chi connectivity index (χ0n) is 9.34. The number of rotatable bonds is 4. The highest BCUT2D eigenvalue weighted by atomic mass is 19.4. The average Bonchev–Trinajstić information content (AvgIpc) is 2.25. The van der Waals surface area contributed by atoms with E-state index in [4.69, 9.17) is 10.8 Å². The second kappa shape index (κ2) is 5.47. The molecule has 1 heterocycles. The third kappa shape index (κ3) is 3.37. The van der Waals surface area contributed by atoms with Gasteiger partial charge in [-0.15, -0.1) is 0 Å². The first-order valence-electron chi connectivity index (χ1n) is 4.96. The van der Waals surface area contributed by atoms with Crippen LogP contribution in [0.3, 0.4) is 0 Å². The van der Waals surface area contributed by atoms with Crippen LogP contribution in [0.15, 0.2) is 6.20 Å². The Balaban J connectivity index is 3.60. The van der Waals surface area contributed by atoms with Gasteiger partial charge in [0.25, 0.3) is 6.43 Å². The molecule has 1 rings (SSSR count). The van der Waals surface area contributed by atoms with Gasteiger partial charge in [-0.3, -0.25) is 9.78 Å². The van der Waals surface area contributed by atoms with Gasteiger partial charge < -0.3 is 10.8 Å². The highest BCUT2D eigenvalue weighted by Crippen LogP contribution is 2.37. The number of halogens is 5. The number of carbonyl (C=O) groups is 1. The third-order valence-electron chi connectivity index (χ3n) is 2.34. The number of hydrogen-bond donors (Lipinski definition) is 2. The molecule has 3 N–H and O–H groups in total. The summed E-state index contributed by atoms with van der Waals surface area (Å²) >= 11 is 0. The van der Waals surface area contributed by atoms with Crippen molar-refractivity contribution in [3.63, 3.8) is 0 Å². The molecule has 0 bridgehead atoms. The fourth-order valence-electron chi connectivity index (χ4n) is 1.63. The lowest BCUT2D eigenvalue weighted by Crippen LogP contribution is -2.20. The molecule has 1 aromatic rings. The standard InChI is InChI=1S/C10H9F5N2O2/c11-9(12)5-3-17-6(2-16)8(10(13,14)15)4(5)1-7(18)19/h3,9H,1-2,16H2,(H,18,19). The van der Waals surface area contributed by atoms with E-state index in [1.165, 1.54) is 0 Å². The van der Waals surface area contributed by atoms with Crippen LogP contribution in [-0.2, 0) is 23.9 Å². The molecular weight excluding hydrogens is 275 g/mol. The van der Waals surface area contributed by atoms with Crippen molar-refractivity contribution in [2.75, 3.05) is 0 Å². The maximum atomic E-state index is 12.9. The van der Waals surface area contributed by atoms with Gasteiger partial charge in [-0.1, -0.05) is 0 Å². The summed E-state index contributed by atoms with van der Waals surface area (Å²) in [5, 5.41) is 8.56. The van der Waals surface area contributed by atoms with Crippen LogP contribution in [0.4, 0.5) is 22.0 Å². The number of nitrogens with two attached hydrogens (primary N) is 1. The Bertz CT molecular complexity index is 488. The zero-order chi connectivity index (χ0) is 14.8. The molecule has 0 aliphatic heterocycles. The first kappa shape index (κ1) is 15.3. The SMILES string of the molecule is NCc1ncc(C(F)F)c(CC(=O)O)c1C(F)(F)F. The van der Waals surface area contributed by atoms with Crippen LogP contribution >= 0.6 is 0 Å². The Morgan fingerprint density at radius 2 is 2.00 bits per heavy atom. The number of alkyl halides is 5. The van der Waals surface area contributed by atoms with Gasteiger partial charge in [0, 0.05) is 18.3 Å². The van der Waals surface area contributed by atoms with Crippen molar-refractivity contribution in [2.45, 2.75) is 25.6 Å². The Morgan fingerprint density at radius 1 is 1.42 bits per heavy atom. The van der Waals surface area contributed by atoms with Crippen molar-refractivity contribution in [1.29, 1.82) is 0 Å². The van der Waals surface area contributed by atoms with Gasteiger partial charge in [-0.2, -0.15) is 13.2 Å². The van der Waals surface area contributed by atoms with E-state index in [9.17, 15) is 26.7 Å². The first-order valence-corrected chi connectivity index (χ1v) is 4.96. The summed E-state index contributed by atoms with van der Waals surface area (Å²) in [6.07, 6.45) is -8.91. The highest BCUT2D eigenvalue weighted by Gasteiger charge is 2.39. The van der Waals surface area contributed by atoms with Gasteiger partial charge in [0.1, 0.15) is 0 Å². The summed E-state index contributed by atoms with van der Waals surface area (Å²) in [5.74, 6) is -1.65. The maximum Gasteiger partial charge on any atom is 0.418 e. The zero-order valence-corrected chi connectivity index (χ0v) is 9.34. The Morgan fingerprint density at radius 3 is 2.37 bits per heavy atom. The summed E-state index contributed by atoms with van der Waals surface area (Å²) in [4.78, 5) is 13.8. The fourth-order valence-corrected chi connectivity index (χ4v) is 1.63. The summed E-state index contributed by atoms with van der Waals surface area (Å²) in [7, 11) is 0. The van der Waals surface area contributed by atoms with Crippen molar-refractivity contribution in [1.82, 2.24) is 4.98 Å². The van der Waals surface area contributed by atoms with Crippen LogP contribution in [0, 0.1) is 0 Å². The van der Waals surface area contributed by atoms with Gasteiger partial charge in [0.2, 0.25) is 0 Å². The quantitative estimate of drug-likeness (QED) is 0.830. The Kier molecular flexibility index (Phi) is 4.40. The van der Waals surface area contributed by atoms with Crippen LogP contribution in [0.5, 0.6) is 0 Å². The van der Waals surface area contributed by atoms with E-state index >= 15 is 0 Å². The van der Waals surface area contributed by atoms with Crippen LogP contribution in [0.2, 0.25) is 0 Å². The molecule has 0 fully saturated rings. The molecule has 0 unspecified atom stereocenters. The lowest BCUT2D eigenvalue weighted by Gasteiger charge is -2.18. The molecule has 0 amide bonds. The molecule has 0 saturated heterocycles. The first-order chi connectivity index (χ1) is 8.68. The van der Waals surface area contributed by atoms with Crippen molar-refractivity contribution in [3.8, 4) is 0 Å². The summed E-state index contributed by atoms with van der Waals surface area (Å²) < 4.78 is 63.9. The average molecular weight is 284 g/mol. The summed E-state index contributed by atoms with van der Waals surface area (Å²) in [6.45, 7) is -0.634. The lowest BCUT2D eigenvalue weighted by molar-refractivity contribution is -0.140. The Labute approximate surface area is 104 Å². The van der Waals surface area contributed by atoms with Crippen LogP contribution in [-0.4, -0.2) is 16.1 Å². The molecule has 19 heavy (non-hydrogen) atoms. The van der Waals surface area contributed by atoms with E-state index in [-0.39, 0.29) is 0 Å². The van der Waals surface area contributed by atoms with Crippen LogP contribution in [0.1, 0.15) is 28.8 Å². The number of carboxylic acids is 1. The minimum atomic E-state index is -5.00. The predicted octanol–water partition coefficient (Wildman–Crippen LogP) is 2.12. The monoisotopic (exact) mass is 284 g/mol. The van der Waals surface area contributed by atoms with Gasteiger partial charge >= 0.3 is 12.1 Å². The van der Waals surface area contributed by atoms with Crippen molar-refractivity contribution in [2.24, 2.45) is 5.73 Å². The van der Waals surface area contributed by atoms with E-state index in [0.717, 1.165) is 0 Å². The van der Waals surface area contributed by atoms with E-state index in [1.807, 2.05) is 0 Å². The van der Waals surface area contributed by atoms with Gasteiger partial charge in [0.05, 0.1) is 17.7 Å². The molecule has 1 aromatic heterocycles. The number of pyridine rings is 1. The minimum absolute atomic E-state index is 0.528. The summed E-state index contributed by atoms with van der Waals surface area (Å²) in [6, 6.07) is 0. The van der Waals surface area contributed by atoms with Crippen LogP contribution < -0.4 is 5.73 Å². The van der Waals surface area contributed by atoms with Gasteiger partial charge in [-0.25, -0.2) is 8.78 Å². The predicted molar refractivity (Wildman–Crippen MR) is 53.4 cm³/mol. The number of aliphatic carboxylic acids is 1. The van der Waals surface area contributed by atoms with Crippen molar-refractivity contribution >= 4 is 5.97 Å². The second-order valence-corrected chi connectivity index (χ2v) is 3.59. The molecule has 4 nitrogen and oxygen atoms in total. The molecule has 0 aromatic carbocycles. The number of hydrogen-bond acceptors (Lipinski definition) is 3. The largest absolute Gasteiger partial charge is 0.481 e. The minimum Gasteiger partial charge on any atom is -0.481 e. The Hall–Kier alpha value is -1.77. The molecule has 9 heteroatoms. The topological polar surface area (TPSA) is 76.2 Å². The van der Waals surface area contributed by atoms with Crippen LogP contribution in [0.25, 0.3) is 0 Å². The maximum absolute atomic E-state index is 12.9. The van der Waals surface area contributed by atoms with E-state index < -0.39 is 53.9 Å². The fraction of sp³-hybridized carbons (Fsp3) is 0.400. The van der Waals surface area contributed by atoms with E-state index in [0.29, 0.717) is 6.20 Å². The van der Waals surface area contributed by atoms with Gasteiger partial charge in [0.15, 0.2) is 0 Å². The molecule has 0 spiro atoms. The summed E-state index contributed by atoms with van der Waals surface area (Å²) in [5.41, 5.74) is 0.882. The van der Waals surface area contributed by atoms with Crippen molar-refractivity contribution in [3.05, 3.63) is 28.6 Å². The molecule has 0 aliphatic carbocycles. The van der Waals surface area contributed by atoms with Gasteiger partial charge in [-0.05, 0) is 5.56 Å². The molecule has 0 radical (unpaired) electrons. The normalized spacial score (nSPS) is 11.9. The highest BCUT2D eigenvalue weighted by molar-refractivity contribution is 5.71. The molecule has 0 saturated carbocycles. The van der Waals surface area contributed by atoms with E-state index in [1.54, 1.807) is 0 Å². The number of nitrogens with zero attached hydrogens (tertiary/aromatic N) is 1. The second-order valence-electron chi connectivity index (χ2n) is 3.59. The van der Waals surface area contributed by atoms with E-state index in [2.05, 4.69) is 4.98 Å². The molecule has 106 valence electrons. The number of aromatic nitrogens is 1. The molecular formula is C10H9F5N2O2. The lowest BCUT2D eigenvalue weighted by atomic mass is 9.97. The van der Waals surface area contributed by atoms with Crippen molar-refractivity contribution < 1.29 is 31.9 Å². The molecule has 0 aliphatic rings. The molecule has 0 atom stereocenters. The number of carboxylic acid groups (broad SMARTS) is 1.